The van der Waals surface area contributed by atoms with Crippen molar-refractivity contribution in [2.45, 2.75) is 69.3 Å². The van der Waals surface area contributed by atoms with Crippen LogP contribution in [-0.2, 0) is 4.79 Å². The largest absolute Gasteiger partial charge is 0.394 e. The number of hydrogen-bond acceptors (Lipinski definition) is 8. The molecule has 0 aromatic carbocycles. The molecule has 3 fully saturated rings. The Bertz CT molecular complexity index is 578. The lowest BCUT2D eigenvalue weighted by atomic mass is 9.73. The number of aliphatic hydroxyl groups excluding tert-OH is 4. The summed E-state index contributed by atoms with van der Waals surface area (Å²) < 4.78 is 0. The van der Waals surface area contributed by atoms with Gasteiger partial charge in [-0.1, -0.05) is 13.8 Å². The number of nitrogens with zero attached hydrogens (tertiary/aromatic N) is 2. The Kier molecular flexibility index (Phi) is 6.04. The maximum Gasteiger partial charge on any atom is 0.345 e. The van der Waals surface area contributed by atoms with Crippen LogP contribution in [0.25, 0.3) is 0 Å². The molecule has 0 spiro atoms. The van der Waals surface area contributed by atoms with Gasteiger partial charge in [0, 0.05) is 18.6 Å². The number of carbonyl (C=O) groups excluding carboxylic acids is 2. The molecule has 0 aromatic rings. The maximum absolute atomic E-state index is 12.3. The second-order valence-electron chi connectivity index (χ2n) is 8.09. The second-order valence-corrected chi connectivity index (χ2v) is 8.09. The van der Waals surface area contributed by atoms with E-state index < -0.39 is 49.1 Å². The Hall–Kier alpha value is -1.30. The van der Waals surface area contributed by atoms with Gasteiger partial charge in [-0.25, -0.2) is 4.79 Å². The molecule has 6 N–H and O–H groups in total. The normalized spacial score (nSPS) is 40.2. The Morgan fingerprint density at radius 2 is 1.81 bits per heavy atom. The standard InChI is InChI=1S/C17H29N4O6/c1-7-3-9-10(4-8(7)2)21(5-11(23)14(25)12(24)6-22)15-13(18-9)16(26)20-17(27)19-15/h7-15,18,22-25H,3-6H2,1-2H3,(H,19,27)/t7?,8?,9?,10?,11-,12+,13?,14-,15?/m0/s1. The highest BCUT2D eigenvalue weighted by atomic mass is 16.4. The topological polar surface area (TPSA) is 156 Å². The van der Waals surface area contributed by atoms with Crippen LogP contribution in [0.15, 0.2) is 0 Å². The molecule has 153 valence electrons. The number of amides is 3. The van der Waals surface area contributed by atoms with Crippen molar-refractivity contribution in [3.63, 3.8) is 0 Å². The monoisotopic (exact) mass is 385 g/mol. The van der Waals surface area contributed by atoms with E-state index in [9.17, 15) is 24.9 Å². The van der Waals surface area contributed by atoms with Crippen molar-refractivity contribution in [1.29, 1.82) is 0 Å². The van der Waals surface area contributed by atoms with Gasteiger partial charge in [-0.15, -0.1) is 0 Å². The van der Waals surface area contributed by atoms with Gasteiger partial charge in [-0.3, -0.25) is 15.0 Å². The number of fused-ring (bicyclic) bond motifs is 2. The summed E-state index contributed by atoms with van der Waals surface area (Å²) in [6, 6.07) is -1.53. The smallest absolute Gasteiger partial charge is 0.345 e. The van der Waals surface area contributed by atoms with Crippen LogP contribution < -0.4 is 16.0 Å². The first-order chi connectivity index (χ1) is 12.7. The van der Waals surface area contributed by atoms with Gasteiger partial charge in [0.2, 0.25) is 0 Å². The molecule has 1 radical (unpaired) electrons. The van der Waals surface area contributed by atoms with Crippen molar-refractivity contribution >= 4 is 11.9 Å². The van der Waals surface area contributed by atoms with E-state index in [0.717, 1.165) is 12.8 Å². The minimum atomic E-state index is -1.54. The van der Waals surface area contributed by atoms with E-state index in [1.807, 2.05) is 4.90 Å². The van der Waals surface area contributed by atoms with Crippen molar-refractivity contribution in [3.8, 4) is 0 Å². The molecule has 3 rings (SSSR count). The van der Waals surface area contributed by atoms with Crippen LogP contribution in [0.4, 0.5) is 4.79 Å². The van der Waals surface area contributed by atoms with Gasteiger partial charge in [-0.2, -0.15) is 5.32 Å². The molecule has 3 amide bonds. The lowest BCUT2D eigenvalue weighted by Gasteiger charge is -2.55. The number of urea groups is 1. The molecule has 1 aliphatic carbocycles. The predicted molar refractivity (Wildman–Crippen MR) is 93.3 cm³/mol. The van der Waals surface area contributed by atoms with Gasteiger partial charge in [0.05, 0.1) is 12.7 Å². The van der Waals surface area contributed by atoms with E-state index in [2.05, 4.69) is 29.8 Å². The summed E-state index contributed by atoms with van der Waals surface area (Å²) in [6.45, 7) is 3.56. The van der Waals surface area contributed by atoms with Crippen LogP contribution >= 0.6 is 0 Å². The Morgan fingerprint density at radius 3 is 2.48 bits per heavy atom. The zero-order valence-corrected chi connectivity index (χ0v) is 15.5. The van der Waals surface area contributed by atoms with Crippen molar-refractivity contribution in [3.05, 3.63) is 0 Å². The van der Waals surface area contributed by atoms with E-state index in [1.54, 1.807) is 0 Å². The molecule has 2 saturated heterocycles. The third kappa shape index (κ3) is 3.96. The molecule has 10 heteroatoms. The van der Waals surface area contributed by atoms with Gasteiger partial charge >= 0.3 is 6.03 Å². The lowest BCUT2D eigenvalue weighted by Crippen LogP contribution is -2.78. The summed E-state index contributed by atoms with van der Waals surface area (Å²) in [5.74, 6) is 0.315. The van der Waals surface area contributed by atoms with Crippen molar-refractivity contribution in [2.75, 3.05) is 13.2 Å². The van der Waals surface area contributed by atoms with Gasteiger partial charge < -0.3 is 25.7 Å². The average Bonchev–Trinajstić information content (AvgIpc) is 2.62. The highest BCUT2D eigenvalue weighted by Crippen LogP contribution is 2.36. The van der Waals surface area contributed by atoms with Crippen LogP contribution in [0.5, 0.6) is 0 Å². The van der Waals surface area contributed by atoms with Crippen LogP contribution in [0, 0.1) is 11.8 Å². The molecule has 3 aliphatic rings. The van der Waals surface area contributed by atoms with Gasteiger partial charge in [0.1, 0.15) is 24.4 Å². The van der Waals surface area contributed by atoms with E-state index in [-0.39, 0.29) is 18.6 Å². The number of hydrogen-bond donors (Lipinski definition) is 6. The average molecular weight is 385 g/mol. The Labute approximate surface area is 157 Å². The third-order valence-corrected chi connectivity index (χ3v) is 6.29. The van der Waals surface area contributed by atoms with Crippen LogP contribution in [-0.4, -0.2) is 93.0 Å². The van der Waals surface area contributed by atoms with E-state index in [1.165, 1.54) is 0 Å². The maximum atomic E-state index is 12.3. The second kappa shape index (κ2) is 7.98. The summed E-state index contributed by atoms with van der Waals surface area (Å²) in [7, 11) is 0. The molecular formula is C17H29N4O6. The summed E-state index contributed by atoms with van der Waals surface area (Å²) >= 11 is 0. The Morgan fingerprint density at radius 1 is 1.15 bits per heavy atom. The minimum Gasteiger partial charge on any atom is -0.394 e. The molecule has 0 bridgehead atoms. The number of piperazine rings is 1. The number of imide groups is 1. The van der Waals surface area contributed by atoms with E-state index in [4.69, 9.17) is 5.11 Å². The van der Waals surface area contributed by atoms with Crippen molar-refractivity contribution in [1.82, 2.24) is 20.9 Å². The summed E-state index contributed by atoms with van der Waals surface area (Å²) in [6.07, 6.45) is -3.43. The number of β-amino-alcohol motifs (C(OH)–C–C–N with tert-alkyl or cyclic N) is 1. The first-order valence-corrected chi connectivity index (χ1v) is 9.45. The molecule has 2 heterocycles. The van der Waals surface area contributed by atoms with Crippen molar-refractivity contribution < 1.29 is 30.0 Å². The van der Waals surface area contributed by atoms with Crippen LogP contribution in [0.1, 0.15) is 26.7 Å². The highest BCUT2D eigenvalue weighted by molar-refractivity contribution is 6.00. The number of nitrogens with one attached hydrogen (secondary N) is 2. The molecule has 0 aromatic heterocycles. The summed E-state index contributed by atoms with van der Waals surface area (Å²) in [5, 5.41) is 48.5. The van der Waals surface area contributed by atoms with Crippen molar-refractivity contribution in [2.24, 2.45) is 11.8 Å². The fraction of sp³-hybridized carbons (Fsp3) is 0.882. The predicted octanol–water partition coefficient (Wildman–Crippen LogP) is -2.68. The molecule has 9 atom stereocenters. The van der Waals surface area contributed by atoms with Gasteiger partial charge in [0.15, 0.2) is 0 Å². The van der Waals surface area contributed by atoms with Crippen LogP contribution in [0.2, 0.25) is 0 Å². The quantitative estimate of drug-likeness (QED) is 0.299. The summed E-state index contributed by atoms with van der Waals surface area (Å²) in [4.78, 5) is 25.9. The van der Waals surface area contributed by atoms with E-state index >= 15 is 0 Å². The number of carbonyl (C=O) groups is 2. The summed E-state index contributed by atoms with van der Waals surface area (Å²) in [5.41, 5.74) is 0. The van der Waals surface area contributed by atoms with Gasteiger partial charge in [0.25, 0.3) is 5.91 Å². The SMILES string of the molecule is CC1CC2NC3C(=O)[N]C(=O)NC3N(C[C@H](O)[C@H](O)[C@H](O)CO)C2CC1C. The zero-order valence-electron chi connectivity index (χ0n) is 15.5. The van der Waals surface area contributed by atoms with Gasteiger partial charge in [-0.05, 0) is 24.7 Å². The van der Waals surface area contributed by atoms with E-state index in [0.29, 0.717) is 11.8 Å². The molecule has 10 nitrogen and oxygen atoms in total. The molecule has 2 aliphatic heterocycles. The molecule has 6 unspecified atom stereocenters. The minimum absolute atomic E-state index is 0.0151. The molecule has 1 saturated carbocycles. The molecular weight excluding hydrogens is 356 g/mol. The van der Waals surface area contributed by atoms with Crippen LogP contribution in [0.3, 0.4) is 0 Å². The molecule has 27 heavy (non-hydrogen) atoms. The highest BCUT2D eigenvalue weighted by Gasteiger charge is 2.52. The third-order valence-electron chi connectivity index (χ3n) is 6.29. The zero-order chi connectivity index (χ0) is 19.9. The Balaban J connectivity index is 1.85. The number of rotatable bonds is 5. The first-order valence-electron chi connectivity index (χ1n) is 9.45. The fourth-order valence-electron chi connectivity index (χ4n) is 4.47. The fourth-order valence-corrected chi connectivity index (χ4v) is 4.47. The number of aliphatic hydroxyl groups is 4. The lowest BCUT2D eigenvalue weighted by molar-refractivity contribution is -0.135. The first kappa shape index (κ1) is 20.4.